The third-order valence-electron chi connectivity index (χ3n) is 3.21. The molecular weight excluding hydrogens is 230 g/mol. The van der Waals surface area contributed by atoms with Crippen LogP contribution in [-0.4, -0.2) is 23.9 Å². The Bertz CT molecular complexity index is 419. The molecule has 0 aromatic heterocycles. The largest absolute Gasteiger partial charge is 0.450 e. The van der Waals surface area contributed by atoms with Crippen molar-refractivity contribution in [1.29, 1.82) is 0 Å². The van der Waals surface area contributed by atoms with E-state index < -0.39 is 12.2 Å². The fraction of sp³-hybridized carbons (Fsp3) is 0.500. The molecule has 0 aliphatic heterocycles. The monoisotopic (exact) mass is 249 g/mol. The molecule has 2 atom stereocenters. The average molecular weight is 249 g/mol. The molecule has 98 valence electrons. The smallest absolute Gasteiger partial charge is 0.407 e. The lowest BCUT2D eigenvalue weighted by atomic mass is 10.1. The third kappa shape index (κ3) is 2.82. The Kier molecular flexibility index (Phi) is 4.20. The van der Waals surface area contributed by atoms with Crippen LogP contribution in [0.15, 0.2) is 24.3 Å². The zero-order valence-electron chi connectivity index (χ0n) is 10.6. The minimum absolute atomic E-state index is 0.352. The maximum Gasteiger partial charge on any atom is 0.407 e. The second-order valence-corrected chi connectivity index (χ2v) is 4.58. The third-order valence-corrected chi connectivity index (χ3v) is 3.21. The zero-order valence-corrected chi connectivity index (χ0v) is 10.6. The Hall–Kier alpha value is -1.55. The first-order valence-electron chi connectivity index (χ1n) is 6.41. The second kappa shape index (κ2) is 5.87. The number of nitrogens with one attached hydrogen (secondary N) is 1. The molecule has 0 saturated heterocycles. The average Bonchev–Trinajstić information content (AvgIpc) is 2.67. The van der Waals surface area contributed by atoms with Gasteiger partial charge in [-0.2, -0.15) is 0 Å². The number of hydrogen-bond donors (Lipinski definition) is 2. The van der Waals surface area contributed by atoms with Crippen LogP contribution in [0.3, 0.4) is 0 Å². The van der Waals surface area contributed by atoms with Crippen LogP contribution in [-0.2, 0) is 11.2 Å². The van der Waals surface area contributed by atoms with Crippen LogP contribution in [0.1, 0.15) is 36.9 Å². The highest BCUT2D eigenvalue weighted by molar-refractivity contribution is 5.68. The van der Waals surface area contributed by atoms with Crippen molar-refractivity contribution in [2.75, 3.05) is 6.61 Å². The number of unbranched alkanes of at least 4 members (excludes halogenated alkanes) is 1. The molecule has 0 unspecified atom stereocenters. The molecule has 0 radical (unpaired) electrons. The molecule has 0 spiro atoms. The van der Waals surface area contributed by atoms with Gasteiger partial charge in [0.15, 0.2) is 0 Å². The highest BCUT2D eigenvalue weighted by Crippen LogP contribution is 2.31. The summed E-state index contributed by atoms with van der Waals surface area (Å²) in [6.07, 6.45) is 1.40. The van der Waals surface area contributed by atoms with Crippen LogP contribution in [0, 0.1) is 0 Å². The van der Waals surface area contributed by atoms with E-state index in [1.165, 1.54) is 0 Å². The highest BCUT2D eigenvalue weighted by Gasteiger charge is 2.32. The first kappa shape index (κ1) is 12.9. The van der Waals surface area contributed by atoms with E-state index in [-0.39, 0.29) is 6.04 Å². The number of fused-ring (bicyclic) bond motifs is 1. The lowest BCUT2D eigenvalue weighted by Gasteiger charge is -2.17. The molecule has 0 bridgehead atoms. The minimum atomic E-state index is -0.568. The lowest BCUT2D eigenvalue weighted by Crippen LogP contribution is -2.34. The van der Waals surface area contributed by atoms with Gasteiger partial charge in [0, 0.05) is 6.42 Å². The van der Waals surface area contributed by atoms with Gasteiger partial charge in [0.1, 0.15) is 0 Å². The second-order valence-electron chi connectivity index (χ2n) is 4.58. The van der Waals surface area contributed by atoms with Crippen LogP contribution in [0.25, 0.3) is 0 Å². The van der Waals surface area contributed by atoms with Crippen LogP contribution in [0.4, 0.5) is 4.79 Å². The van der Waals surface area contributed by atoms with Gasteiger partial charge in [-0.15, -0.1) is 0 Å². The molecule has 2 rings (SSSR count). The van der Waals surface area contributed by atoms with Gasteiger partial charge in [-0.3, -0.25) is 0 Å². The van der Waals surface area contributed by atoms with Crippen molar-refractivity contribution in [3.63, 3.8) is 0 Å². The molecule has 4 nitrogen and oxygen atoms in total. The van der Waals surface area contributed by atoms with Crippen molar-refractivity contribution in [2.45, 2.75) is 38.3 Å². The molecule has 18 heavy (non-hydrogen) atoms. The molecule has 0 fully saturated rings. The summed E-state index contributed by atoms with van der Waals surface area (Å²) in [5.74, 6) is 0. The minimum Gasteiger partial charge on any atom is -0.450 e. The van der Waals surface area contributed by atoms with Gasteiger partial charge in [-0.1, -0.05) is 37.6 Å². The van der Waals surface area contributed by atoms with Gasteiger partial charge in [0.2, 0.25) is 0 Å². The van der Waals surface area contributed by atoms with Crippen molar-refractivity contribution < 1.29 is 14.6 Å². The number of aliphatic hydroxyl groups is 1. The van der Waals surface area contributed by atoms with Gasteiger partial charge in [-0.05, 0) is 17.5 Å². The summed E-state index contributed by atoms with van der Waals surface area (Å²) in [6, 6.07) is 7.41. The lowest BCUT2D eigenvalue weighted by molar-refractivity contribution is 0.112. The fourth-order valence-corrected chi connectivity index (χ4v) is 2.23. The summed E-state index contributed by atoms with van der Waals surface area (Å²) in [5.41, 5.74) is 2.07. The van der Waals surface area contributed by atoms with Gasteiger partial charge < -0.3 is 15.2 Å². The zero-order chi connectivity index (χ0) is 13.0. The van der Waals surface area contributed by atoms with Gasteiger partial charge in [-0.25, -0.2) is 4.79 Å². The van der Waals surface area contributed by atoms with Crippen molar-refractivity contribution >= 4 is 6.09 Å². The van der Waals surface area contributed by atoms with E-state index in [4.69, 9.17) is 4.74 Å². The van der Waals surface area contributed by atoms with E-state index in [9.17, 15) is 9.90 Å². The maximum absolute atomic E-state index is 11.6. The van der Waals surface area contributed by atoms with Gasteiger partial charge in [0.05, 0.1) is 18.8 Å². The van der Waals surface area contributed by atoms with Crippen molar-refractivity contribution in [1.82, 2.24) is 5.32 Å². The summed E-state index contributed by atoms with van der Waals surface area (Å²) in [6.45, 7) is 2.46. The standard InChI is InChI=1S/C14H19NO3/c1-2-3-8-18-14(17)15-13-11-7-5-4-6-10(11)9-12(13)16/h4-7,12-13,16H,2-3,8-9H2,1H3,(H,15,17)/t12-,13+/m0/s1. The van der Waals surface area contributed by atoms with Crippen molar-refractivity contribution in [3.05, 3.63) is 35.4 Å². The van der Waals surface area contributed by atoms with Crippen LogP contribution in [0.2, 0.25) is 0 Å². The Balaban J connectivity index is 1.95. The quantitative estimate of drug-likeness (QED) is 0.804. The maximum atomic E-state index is 11.6. The number of hydrogen-bond acceptors (Lipinski definition) is 3. The van der Waals surface area contributed by atoms with Crippen molar-refractivity contribution in [3.8, 4) is 0 Å². The fourth-order valence-electron chi connectivity index (χ4n) is 2.23. The molecule has 0 heterocycles. The molecule has 1 amide bonds. The predicted octanol–water partition coefficient (Wildman–Crippen LogP) is 2.17. The Morgan fingerprint density at radius 3 is 3.06 bits per heavy atom. The summed E-state index contributed by atoms with van der Waals surface area (Å²) in [5, 5.41) is 12.7. The predicted molar refractivity (Wildman–Crippen MR) is 68.3 cm³/mol. The van der Waals surface area contributed by atoms with E-state index in [1.807, 2.05) is 31.2 Å². The topological polar surface area (TPSA) is 58.6 Å². The number of amides is 1. The number of carbonyl (C=O) groups excluding carboxylic acids is 1. The SMILES string of the molecule is CCCCOC(=O)N[C@@H]1c2ccccc2C[C@@H]1O. The number of alkyl carbamates (subject to hydrolysis) is 1. The number of carbonyl (C=O) groups is 1. The number of benzene rings is 1. The van der Waals surface area contributed by atoms with E-state index in [1.54, 1.807) is 0 Å². The summed E-state index contributed by atoms with van der Waals surface area (Å²) < 4.78 is 5.05. The van der Waals surface area contributed by atoms with E-state index in [0.29, 0.717) is 13.0 Å². The number of rotatable bonds is 4. The normalized spacial score (nSPS) is 21.4. The molecular formula is C14H19NO3. The molecule has 1 aromatic rings. The first-order valence-corrected chi connectivity index (χ1v) is 6.41. The Morgan fingerprint density at radius 2 is 2.28 bits per heavy atom. The first-order chi connectivity index (χ1) is 8.72. The van der Waals surface area contributed by atoms with Gasteiger partial charge in [0.25, 0.3) is 0 Å². The summed E-state index contributed by atoms with van der Waals surface area (Å²) in [4.78, 5) is 11.6. The molecule has 0 saturated carbocycles. The summed E-state index contributed by atoms with van der Waals surface area (Å²) >= 11 is 0. The van der Waals surface area contributed by atoms with Crippen LogP contribution in [0.5, 0.6) is 0 Å². The summed E-state index contributed by atoms with van der Waals surface area (Å²) in [7, 11) is 0. The van der Waals surface area contributed by atoms with E-state index in [0.717, 1.165) is 24.0 Å². The van der Waals surface area contributed by atoms with Crippen LogP contribution >= 0.6 is 0 Å². The molecule has 4 heteroatoms. The van der Waals surface area contributed by atoms with E-state index >= 15 is 0 Å². The number of aliphatic hydroxyl groups excluding tert-OH is 1. The molecule has 1 aromatic carbocycles. The van der Waals surface area contributed by atoms with Crippen LogP contribution < -0.4 is 5.32 Å². The van der Waals surface area contributed by atoms with Crippen molar-refractivity contribution in [2.24, 2.45) is 0 Å². The number of ether oxygens (including phenoxy) is 1. The van der Waals surface area contributed by atoms with E-state index in [2.05, 4.69) is 5.32 Å². The molecule has 2 N–H and O–H groups in total. The Morgan fingerprint density at radius 1 is 1.50 bits per heavy atom. The highest BCUT2D eigenvalue weighted by atomic mass is 16.5. The molecule has 1 aliphatic carbocycles. The Labute approximate surface area is 107 Å². The van der Waals surface area contributed by atoms with Gasteiger partial charge >= 0.3 is 6.09 Å². The molecule has 1 aliphatic rings.